The summed E-state index contributed by atoms with van der Waals surface area (Å²) in [4.78, 5) is 12.4. The lowest BCUT2D eigenvalue weighted by Crippen LogP contribution is -2.30. The third-order valence-corrected chi connectivity index (χ3v) is 5.72. The number of rotatable bonds is 7. The van der Waals surface area contributed by atoms with Crippen molar-refractivity contribution in [3.63, 3.8) is 0 Å². The van der Waals surface area contributed by atoms with Gasteiger partial charge in [-0.1, -0.05) is 13.8 Å². The third kappa shape index (κ3) is 3.90. The number of aryl methyl sites for hydroxylation is 2. The molecule has 0 bridgehead atoms. The van der Waals surface area contributed by atoms with E-state index in [1.807, 2.05) is 0 Å². The Morgan fingerprint density at radius 3 is 2.52 bits per heavy atom. The van der Waals surface area contributed by atoms with Crippen molar-refractivity contribution in [2.75, 3.05) is 13.1 Å². The molecule has 1 atom stereocenters. The Morgan fingerprint density at radius 1 is 1.36 bits per heavy atom. The van der Waals surface area contributed by atoms with E-state index in [0.717, 1.165) is 0 Å². The van der Waals surface area contributed by atoms with Crippen LogP contribution in [0.3, 0.4) is 0 Å². The average Bonchev–Trinajstić information content (AvgIpc) is 3.14. The number of aromatic nitrogens is 3. The van der Waals surface area contributed by atoms with Crippen LogP contribution in [0.25, 0.3) is 0 Å². The van der Waals surface area contributed by atoms with Gasteiger partial charge in [-0.25, -0.2) is 13.2 Å². The quantitative estimate of drug-likeness (QED) is 0.682. The predicted octanol–water partition coefficient (Wildman–Crippen LogP) is 1.67. The summed E-state index contributed by atoms with van der Waals surface area (Å²) < 4.78 is 38.4. The SMILES string of the molecule is CCN(CC)S(=O)(=O)c1cc(C(=O)OC(C)c2nnc(C)o2)n(C)c1. The Kier molecular flexibility index (Phi) is 5.63. The van der Waals surface area contributed by atoms with Crippen LogP contribution in [0, 0.1) is 6.92 Å². The number of carbonyl (C=O) groups excluding carboxylic acids is 1. The van der Waals surface area contributed by atoms with E-state index in [9.17, 15) is 13.2 Å². The van der Waals surface area contributed by atoms with Gasteiger partial charge in [0.05, 0.1) is 0 Å². The molecule has 0 fully saturated rings. The minimum absolute atomic E-state index is 0.0481. The highest BCUT2D eigenvalue weighted by atomic mass is 32.2. The van der Waals surface area contributed by atoms with Gasteiger partial charge in [-0.2, -0.15) is 4.31 Å². The van der Waals surface area contributed by atoms with Gasteiger partial charge in [0.1, 0.15) is 10.6 Å². The number of sulfonamides is 1. The van der Waals surface area contributed by atoms with Gasteiger partial charge in [-0.05, 0) is 13.0 Å². The number of esters is 1. The maximum absolute atomic E-state index is 12.6. The Balaban J connectivity index is 2.23. The van der Waals surface area contributed by atoms with Gasteiger partial charge in [0.2, 0.25) is 15.9 Å². The van der Waals surface area contributed by atoms with E-state index in [-0.39, 0.29) is 16.5 Å². The maximum Gasteiger partial charge on any atom is 0.355 e. The summed E-state index contributed by atoms with van der Waals surface area (Å²) >= 11 is 0. The van der Waals surface area contributed by atoms with Crippen LogP contribution in [0.15, 0.2) is 21.6 Å². The summed E-state index contributed by atoms with van der Waals surface area (Å²) in [5.74, 6) is -0.132. The molecular weight excluding hydrogens is 348 g/mol. The highest BCUT2D eigenvalue weighted by Gasteiger charge is 2.27. The largest absolute Gasteiger partial charge is 0.448 e. The first kappa shape index (κ1) is 19.1. The smallest absolute Gasteiger partial charge is 0.355 e. The normalized spacial score (nSPS) is 13.2. The second kappa shape index (κ2) is 7.36. The molecule has 2 heterocycles. The van der Waals surface area contributed by atoms with Crippen molar-refractivity contribution in [1.82, 2.24) is 19.1 Å². The third-order valence-electron chi connectivity index (χ3n) is 3.71. The fourth-order valence-corrected chi connectivity index (χ4v) is 3.87. The van der Waals surface area contributed by atoms with Crippen LogP contribution in [0.5, 0.6) is 0 Å². The van der Waals surface area contributed by atoms with Gasteiger partial charge in [0, 0.05) is 33.3 Å². The van der Waals surface area contributed by atoms with Crippen LogP contribution < -0.4 is 0 Å². The Labute approximate surface area is 146 Å². The van der Waals surface area contributed by atoms with Crippen molar-refractivity contribution in [2.24, 2.45) is 7.05 Å². The lowest BCUT2D eigenvalue weighted by atomic mass is 10.4. The van der Waals surface area contributed by atoms with Crippen molar-refractivity contribution in [3.8, 4) is 0 Å². The zero-order valence-electron chi connectivity index (χ0n) is 14.9. The minimum Gasteiger partial charge on any atom is -0.448 e. The summed E-state index contributed by atoms with van der Waals surface area (Å²) in [7, 11) is -2.07. The first-order valence-electron chi connectivity index (χ1n) is 7.88. The summed E-state index contributed by atoms with van der Waals surface area (Å²) in [5, 5.41) is 7.48. The molecule has 0 aliphatic heterocycles. The van der Waals surface area contributed by atoms with Gasteiger partial charge in [0.15, 0.2) is 6.10 Å². The summed E-state index contributed by atoms with van der Waals surface area (Å²) in [6, 6.07) is 1.31. The summed E-state index contributed by atoms with van der Waals surface area (Å²) in [6.07, 6.45) is 0.651. The fourth-order valence-electron chi connectivity index (χ4n) is 2.34. The molecule has 2 aromatic rings. The predicted molar refractivity (Wildman–Crippen MR) is 88.4 cm³/mol. The molecule has 0 saturated carbocycles. The molecule has 0 aliphatic rings. The van der Waals surface area contributed by atoms with Crippen molar-refractivity contribution in [1.29, 1.82) is 0 Å². The van der Waals surface area contributed by atoms with E-state index in [0.29, 0.717) is 19.0 Å². The zero-order chi connectivity index (χ0) is 18.8. The Hall–Kier alpha value is -2.20. The highest BCUT2D eigenvalue weighted by Crippen LogP contribution is 2.21. The minimum atomic E-state index is -3.65. The summed E-state index contributed by atoms with van der Waals surface area (Å²) in [5.41, 5.74) is 0.119. The van der Waals surface area contributed by atoms with Gasteiger partial charge in [-0.15, -0.1) is 10.2 Å². The molecule has 10 heteroatoms. The molecule has 0 aromatic carbocycles. The van der Waals surface area contributed by atoms with E-state index >= 15 is 0 Å². The molecule has 1 unspecified atom stereocenters. The molecule has 0 N–H and O–H groups in total. The lowest BCUT2D eigenvalue weighted by Gasteiger charge is -2.17. The van der Waals surface area contributed by atoms with E-state index in [1.165, 1.54) is 21.1 Å². The second-order valence-corrected chi connectivity index (χ2v) is 7.41. The second-order valence-electron chi connectivity index (χ2n) is 5.47. The first-order valence-corrected chi connectivity index (χ1v) is 9.32. The molecule has 25 heavy (non-hydrogen) atoms. The molecule has 0 spiro atoms. The number of hydrogen-bond donors (Lipinski definition) is 0. The van der Waals surface area contributed by atoms with E-state index < -0.39 is 22.1 Å². The molecular formula is C15H22N4O5S. The first-order chi connectivity index (χ1) is 11.7. The summed E-state index contributed by atoms with van der Waals surface area (Å²) in [6.45, 7) is 7.44. The van der Waals surface area contributed by atoms with E-state index in [4.69, 9.17) is 9.15 Å². The fraction of sp³-hybridized carbons (Fsp3) is 0.533. The van der Waals surface area contributed by atoms with Crippen molar-refractivity contribution < 1.29 is 22.4 Å². The van der Waals surface area contributed by atoms with Crippen LogP contribution in [0.2, 0.25) is 0 Å². The standard InChI is InChI=1S/C15H22N4O5S/c1-6-19(7-2)25(21,22)12-8-13(18(5)9-12)15(20)23-10(3)14-17-16-11(4)24-14/h8-10H,6-7H2,1-5H3. The lowest BCUT2D eigenvalue weighted by molar-refractivity contribution is 0.0266. The van der Waals surface area contributed by atoms with Crippen LogP contribution in [0.1, 0.15) is 49.1 Å². The number of carbonyl (C=O) groups is 1. The Morgan fingerprint density at radius 2 is 2.00 bits per heavy atom. The van der Waals surface area contributed by atoms with Gasteiger partial charge in [0.25, 0.3) is 5.89 Å². The average molecular weight is 370 g/mol. The zero-order valence-corrected chi connectivity index (χ0v) is 15.7. The molecule has 0 aliphatic carbocycles. The molecule has 0 saturated heterocycles. The molecule has 0 radical (unpaired) electrons. The van der Waals surface area contributed by atoms with Gasteiger partial charge in [-0.3, -0.25) is 0 Å². The van der Waals surface area contributed by atoms with Crippen LogP contribution in [-0.4, -0.2) is 46.5 Å². The number of nitrogens with zero attached hydrogens (tertiary/aromatic N) is 4. The van der Waals surface area contributed by atoms with Crippen molar-refractivity contribution in [3.05, 3.63) is 29.7 Å². The van der Waals surface area contributed by atoms with Crippen molar-refractivity contribution >= 4 is 16.0 Å². The Bertz CT molecular complexity index is 851. The van der Waals surface area contributed by atoms with Crippen molar-refractivity contribution in [2.45, 2.75) is 38.7 Å². The molecule has 2 rings (SSSR count). The number of ether oxygens (including phenoxy) is 1. The van der Waals surface area contributed by atoms with Crippen LogP contribution in [0.4, 0.5) is 0 Å². The van der Waals surface area contributed by atoms with E-state index in [2.05, 4.69) is 10.2 Å². The van der Waals surface area contributed by atoms with Gasteiger partial charge >= 0.3 is 5.97 Å². The highest BCUT2D eigenvalue weighted by molar-refractivity contribution is 7.89. The molecule has 2 aromatic heterocycles. The van der Waals surface area contributed by atoms with E-state index in [1.54, 1.807) is 34.7 Å². The molecule has 0 amide bonds. The van der Waals surface area contributed by atoms with Crippen LogP contribution >= 0.6 is 0 Å². The number of hydrogen-bond acceptors (Lipinski definition) is 7. The van der Waals surface area contributed by atoms with Gasteiger partial charge < -0.3 is 13.7 Å². The topological polar surface area (TPSA) is 108 Å². The van der Waals surface area contributed by atoms with Crippen LogP contribution in [-0.2, 0) is 21.8 Å². The monoisotopic (exact) mass is 370 g/mol. The molecule has 9 nitrogen and oxygen atoms in total. The molecule has 138 valence electrons. The maximum atomic E-state index is 12.6.